The summed E-state index contributed by atoms with van der Waals surface area (Å²) in [5, 5.41) is 3.10. The van der Waals surface area contributed by atoms with Gasteiger partial charge in [-0.25, -0.2) is 4.39 Å². The number of rotatable bonds is 6. The van der Waals surface area contributed by atoms with Gasteiger partial charge in [0.25, 0.3) is 0 Å². The molecule has 1 aromatic rings. The van der Waals surface area contributed by atoms with Crippen LogP contribution in [-0.2, 0) is 14.3 Å². The molecule has 136 valence electrons. The van der Waals surface area contributed by atoms with Gasteiger partial charge in [0.15, 0.2) is 0 Å². The molecular formula is C18H24FN3O3. The topological polar surface area (TPSA) is 61.9 Å². The molecule has 0 aromatic heterocycles. The van der Waals surface area contributed by atoms with E-state index in [1.807, 2.05) is 0 Å². The first-order valence-electron chi connectivity index (χ1n) is 8.72. The Hall–Kier alpha value is -1.99. The average Bonchev–Trinajstić information content (AvgIpc) is 3.24. The zero-order valence-electron chi connectivity index (χ0n) is 14.4. The van der Waals surface area contributed by atoms with Crippen LogP contribution in [0.3, 0.4) is 0 Å². The van der Waals surface area contributed by atoms with Crippen molar-refractivity contribution >= 4 is 17.5 Å². The van der Waals surface area contributed by atoms with E-state index in [-0.39, 0.29) is 30.2 Å². The lowest BCUT2D eigenvalue weighted by Crippen LogP contribution is -2.46. The number of hydrogen-bond acceptors (Lipinski definition) is 4. The van der Waals surface area contributed by atoms with Crippen molar-refractivity contribution in [1.82, 2.24) is 10.2 Å². The first kappa shape index (κ1) is 17.8. The number of hydrogen-bond donors (Lipinski definition) is 1. The summed E-state index contributed by atoms with van der Waals surface area (Å²) in [6.07, 6.45) is 2.74. The number of para-hydroxylation sites is 1. The van der Waals surface area contributed by atoms with Crippen molar-refractivity contribution in [2.75, 3.05) is 38.2 Å². The molecule has 7 heteroatoms. The zero-order chi connectivity index (χ0) is 17.8. The monoisotopic (exact) mass is 349 g/mol. The fourth-order valence-electron chi connectivity index (χ4n) is 3.38. The number of nitrogens with zero attached hydrogens (tertiary/aromatic N) is 2. The highest BCUT2D eigenvalue weighted by Gasteiger charge is 2.37. The molecule has 1 aromatic carbocycles. The van der Waals surface area contributed by atoms with Crippen LogP contribution in [0.15, 0.2) is 24.3 Å². The molecule has 2 fully saturated rings. The standard InChI is InChI=1S/C18H24FN3O3/c1-21(17(23)12-20-11-13-5-4-10-25-13)16-8-9-22(18(16)24)15-7-3-2-6-14(15)19/h2-3,6-7,13,16,20H,4-5,8-12H2,1H3/t13-,16-/m0/s1. The SMILES string of the molecule is CN(C(=O)CNC[C@@H]1CCCO1)[C@H]1CCN(c2ccccc2F)C1=O. The summed E-state index contributed by atoms with van der Waals surface area (Å²) in [5.41, 5.74) is 0.271. The number of likely N-dealkylation sites (N-methyl/N-ethyl adjacent to an activating group) is 1. The minimum absolute atomic E-state index is 0.147. The van der Waals surface area contributed by atoms with Gasteiger partial charge in [0, 0.05) is 26.7 Å². The van der Waals surface area contributed by atoms with Crippen molar-refractivity contribution in [3.8, 4) is 0 Å². The summed E-state index contributed by atoms with van der Waals surface area (Å²) in [4.78, 5) is 27.8. The number of amides is 2. The van der Waals surface area contributed by atoms with E-state index < -0.39 is 11.9 Å². The second kappa shape index (κ2) is 7.93. The summed E-state index contributed by atoms with van der Waals surface area (Å²) in [6.45, 7) is 1.99. The van der Waals surface area contributed by atoms with Gasteiger partial charge in [0.2, 0.25) is 11.8 Å². The van der Waals surface area contributed by atoms with Gasteiger partial charge in [-0.05, 0) is 31.4 Å². The number of ether oxygens (including phenoxy) is 1. The lowest BCUT2D eigenvalue weighted by molar-refractivity contribution is -0.136. The number of halogens is 1. The maximum Gasteiger partial charge on any atom is 0.249 e. The molecule has 3 rings (SSSR count). The van der Waals surface area contributed by atoms with Crippen molar-refractivity contribution in [3.63, 3.8) is 0 Å². The van der Waals surface area contributed by atoms with Gasteiger partial charge in [-0.15, -0.1) is 0 Å². The Morgan fingerprint density at radius 1 is 1.40 bits per heavy atom. The van der Waals surface area contributed by atoms with Crippen molar-refractivity contribution in [1.29, 1.82) is 0 Å². The minimum Gasteiger partial charge on any atom is -0.377 e. The second-order valence-corrected chi connectivity index (χ2v) is 6.52. The zero-order valence-corrected chi connectivity index (χ0v) is 14.4. The third-order valence-corrected chi connectivity index (χ3v) is 4.85. The molecule has 2 aliphatic rings. The summed E-state index contributed by atoms with van der Waals surface area (Å²) in [7, 11) is 1.63. The van der Waals surface area contributed by atoms with Gasteiger partial charge in [0.1, 0.15) is 11.9 Å². The van der Waals surface area contributed by atoms with E-state index in [0.717, 1.165) is 19.4 Å². The van der Waals surface area contributed by atoms with E-state index in [2.05, 4.69) is 5.32 Å². The van der Waals surface area contributed by atoms with Crippen molar-refractivity contribution in [2.45, 2.75) is 31.4 Å². The molecular weight excluding hydrogens is 325 g/mol. The molecule has 2 heterocycles. The Bertz CT molecular complexity index is 634. The van der Waals surface area contributed by atoms with Crippen LogP contribution < -0.4 is 10.2 Å². The van der Waals surface area contributed by atoms with Crippen LogP contribution in [0, 0.1) is 5.82 Å². The number of carbonyl (C=O) groups excluding carboxylic acids is 2. The number of nitrogens with one attached hydrogen (secondary N) is 1. The van der Waals surface area contributed by atoms with Gasteiger partial charge >= 0.3 is 0 Å². The predicted molar refractivity (Wildman–Crippen MR) is 91.8 cm³/mol. The normalized spacial score (nSPS) is 23.3. The van der Waals surface area contributed by atoms with Gasteiger partial charge < -0.3 is 19.9 Å². The van der Waals surface area contributed by atoms with Gasteiger partial charge in [-0.2, -0.15) is 0 Å². The molecule has 0 saturated carbocycles. The summed E-state index contributed by atoms with van der Waals surface area (Å²) >= 11 is 0. The molecule has 2 atom stereocenters. The minimum atomic E-state index is -0.545. The first-order chi connectivity index (χ1) is 12.1. The highest BCUT2D eigenvalue weighted by Crippen LogP contribution is 2.26. The van der Waals surface area contributed by atoms with Gasteiger partial charge in [-0.3, -0.25) is 9.59 Å². The Morgan fingerprint density at radius 3 is 2.92 bits per heavy atom. The molecule has 0 unspecified atom stereocenters. The largest absolute Gasteiger partial charge is 0.377 e. The second-order valence-electron chi connectivity index (χ2n) is 6.52. The lowest BCUT2D eigenvalue weighted by Gasteiger charge is -2.24. The maximum atomic E-state index is 13.9. The van der Waals surface area contributed by atoms with Crippen molar-refractivity contribution in [2.24, 2.45) is 0 Å². The Labute approximate surface area is 146 Å². The molecule has 2 saturated heterocycles. The first-order valence-corrected chi connectivity index (χ1v) is 8.72. The van der Waals surface area contributed by atoms with Crippen LogP contribution in [0.25, 0.3) is 0 Å². The quantitative estimate of drug-likeness (QED) is 0.837. The third kappa shape index (κ3) is 3.99. The summed E-state index contributed by atoms with van der Waals surface area (Å²) < 4.78 is 19.4. The van der Waals surface area contributed by atoms with Gasteiger partial charge in [-0.1, -0.05) is 12.1 Å². The predicted octanol–water partition coefficient (Wildman–Crippen LogP) is 1.16. The van der Waals surface area contributed by atoms with E-state index in [9.17, 15) is 14.0 Å². The van der Waals surface area contributed by atoms with Crippen LogP contribution in [-0.4, -0.2) is 62.1 Å². The van der Waals surface area contributed by atoms with E-state index in [1.165, 1.54) is 15.9 Å². The van der Waals surface area contributed by atoms with E-state index in [1.54, 1.807) is 25.2 Å². The number of carbonyl (C=O) groups is 2. The van der Waals surface area contributed by atoms with E-state index >= 15 is 0 Å². The van der Waals surface area contributed by atoms with Crippen LogP contribution in [0.5, 0.6) is 0 Å². The van der Waals surface area contributed by atoms with Crippen LogP contribution in [0.1, 0.15) is 19.3 Å². The molecule has 25 heavy (non-hydrogen) atoms. The maximum absolute atomic E-state index is 13.9. The average molecular weight is 349 g/mol. The summed E-state index contributed by atoms with van der Waals surface area (Å²) in [5.74, 6) is -0.810. The van der Waals surface area contributed by atoms with Crippen LogP contribution >= 0.6 is 0 Å². The Kier molecular flexibility index (Phi) is 5.65. The van der Waals surface area contributed by atoms with E-state index in [4.69, 9.17) is 4.74 Å². The molecule has 0 spiro atoms. The molecule has 6 nitrogen and oxygen atoms in total. The summed E-state index contributed by atoms with van der Waals surface area (Å²) in [6, 6.07) is 5.66. The number of benzene rings is 1. The fraction of sp³-hybridized carbons (Fsp3) is 0.556. The van der Waals surface area contributed by atoms with Crippen LogP contribution in [0.4, 0.5) is 10.1 Å². The molecule has 2 amide bonds. The fourth-order valence-corrected chi connectivity index (χ4v) is 3.38. The smallest absolute Gasteiger partial charge is 0.249 e. The highest BCUT2D eigenvalue weighted by molar-refractivity contribution is 6.01. The molecule has 0 bridgehead atoms. The Morgan fingerprint density at radius 2 is 2.20 bits per heavy atom. The number of anilines is 1. The molecule has 0 radical (unpaired) electrons. The molecule has 1 N–H and O–H groups in total. The van der Waals surface area contributed by atoms with Crippen molar-refractivity contribution < 1.29 is 18.7 Å². The van der Waals surface area contributed by atoms with Crippen molar-refractivity contribution in [3.05, 3.63) is 30.1 Å². The highest BCUT2D eigenvalue weighted by atomic mass is 19.1. The van der Waals surface area contributed by atoms with E-state index in [0.29, 0.717) is 19.5 Å². The van der Waals surface area contributed by atoms with Crippen LogP contribution in [0.2, 0.25) is 0 Å². The lowest BCUT2D eigenvalue weighted by atomic mass is 10.2. The molecule has 2 aliphatic heterocycles. The third-order valence-electron chi connectivity index (χ3n) is 4.85. The Balaban J connectivity index is 1.53. The molecule has 0 aliphatic carbocycles. The van der Waals surface area contributed by atoms with Gasteiger partial charge in [0.05, 0.1) is 18.3 Å².